The van der Waals surface area contributed by atoms with Gasteiger partial charge in [0.1, 0.15) is 5.82 Å². The molecule has 0 atom stereocenters. The molecule has 1 aromatic heterocycles. The van der Waals surface area contributed by atoms with Crippen molar-refractivity contribution in [3.8, 4) is 0 Å². The van der Waals surface area contributed by atoms with Gasteiger partial charge < -0.3 is 4.98 Å². The number of imidazole rings is 1. The zero-order valence-corrected chi connectivity index (χ0v) is 11.7. The van der Waals surface area contributed by atoms with E-state index >= 15 is 0 Å². The van der Waals surface area contributed by atoms with Crippen molar-refractivity contribution in [2.24, 2.45) is 0 Å². The van der Waals surface area contributed by atoms with Crippen LogP contribution in [0.3, 0.4) is 0 Å². The summed E-state index contributed by atoms with van der Waals surface area (Å²) in [4.78, 5) is 16.3. The van der Waals surface area contributed by atoms with Crippen LogP contribution in [0.2, 0.25) is 5.02 Å². The fraction of sp³-hybridized carbons (Fsp3) is 0.100. The molecule has 2 N–H and O–H groups in total. The summed E-state index contributed by atoms with van der Waals surface area (Å²) in [6.07, 6.45) is 1.16. The highest BCUT2D eigenvalue weighted by Gasteiger charge is 2.19. The Morgan fingerprint density at radius 2 is 2.15 bits per heavy atom. The molecule has 0 saturated carbocycles. The smallest absolute Gasteiger partial charge is 0.279 e. The van der Waals surface area contributed by atoms with E-state index in [0.717, 1.165) is 18.3 Å². The van der Waals surface area contributed by atoms with Crippen LogP contribution in [0.4, 0.5) is 11.4 Å². The predicted octanol–water partition coefficient (Wildman–Crippen LogP) is 2.08. The lowest BCUT2D eigenvalue weighted by Crippen LogP contribution is -2.13. The summed E-state index contributed by atoms with van der Waals surface area (Å²) in [5.74, 6) is 0.445. The maximum Gasteiger partial charge on any atom is 0.279 e. The average molecular weight is 317 g/mol. The van der Waals surface area contributed by atoms with E-state index in [4.69, 9.17) is 11.6 Å². The number of nitrogens with one attached hydrogen (secondary N) is 2. The fourth-order valence-corrected chi connectivity index (χ4v) is 2.76. The Morgan fingerprint density at radius 3 is 2.65 bits per heavy atom. The third-order valence-corrected chi connectivity index (χ3v) is 3.96. The standard InChI is InChI=1S/C10H9ClN4O4S/c1-6-12-5-10(13-6)20(18,19)14-9-3-2-7(15(16)17)4-8(9)11/h2-5,14H,1H3,(H,12,13). The molecular formula is C10H9ClN4O4S. The SMILES string of the molecule is Cc1ncc(S(=O)(=O)Nc2ccc([N+](=O)[O-])cc2Cl)[nH]1. The molecule has 0 amide bonds. The second kappa shape index (κ2) is 5.10. The summed E-state index contributed by atoms with van der Waals surface area (Å²) in [6, 6.07) is 3.45. The molecular weight excluding hydrogens is 308 g/mol. The fourth-order valence-electron chi connectivity index (χ4n) is 1.43. The monoisotopic (exact) mass is 316 g/mol. The topological polar surface area (TPSA) is 118 Å². The highest BCUT2D eigenvalue weighted by atomic mass is 35.5. The Balaban J connectivity index is 2.32. The largest absolute Gasteiger partial charge is 0.332 e. The Labute approximate surface area is 119 Å². The number of nitro groups is 1. The van der Waals surface area contributed by atoms with Gasteiger partial charge in [0.15, 0.2) is 5.03 Å². The van der Waals surface area contributed by atoms with E-state index in [9.17, 15) is 18.5 Å². The van der Waals surface area contributed by atoms with Crippen LogP contribution < -0.4 is 4.72 Å². The van der Waals surface area contributed by atoms with Gasteiger partial charge in [0.25, 0.3) is 15.7 Å². The summed E-state index contributed by atoms with van der Waals surface area (Å²) in [5, 5.41) is 10.4. The minimum absolute atomic E-state index is 0.0459. The molecule has 0 bridgehead atoms. The number of benzene rings is 1. The van der Waals surface area contributed by atoms with Crippen molar-refractivity contribution >= 4 is 33.0 Å². The molecule has 20 heavy (non-hydrogen) atoms. The zero-order chi connectivity index (χ0) is 14.9. The van der Waals surface area contributed by atoms with E-state index in [2.05, 4.69) is 14.7 Å². The average Bonchev–Trinajstić information content (AvgIpc) is 2.79. The van der Waals surface area contributed by atoms with E-state index in [1.807, 2.05) is 0 Å². The van der Waals surface area contributed by atoms with Crippen molar-refractivity contribution in [1.82, 2.24) is 9.97 Å². The predicted molar refractivity (Wildman–Crippen MR) is 72.2 cm³/mol. The van der Waals surface area contributed by atoms with E-state index in [0.29, 0.717) is 5.82 Å². The van der Waals surface area contributed by atoms with Gasteiger partial charge in [-0.3, -0.25) is 14.8 Å². The summed E-state index contributed by atoms with van der Waals surface area (Å²) in [6.45, 7) is 1.61. The first kappa shape index (κ1) is 14.3. The number of nitro benzene ring substituents is 1. The molecule has 0 fully saturated rings. The molecule has 0 saturated heterocycles. The van der Waals surface area contributed by atoms with Gasteiger partial charge in [0.05, 0.1) is 21.8 Å². The maximum absolute atomic E-state index is 12.0. The van der Waals surface area contributed by atoms with Crippen LogP contribution in [-0.2, 0) is 10.0 Å². The van der Waals surface area contributed by atoms with E-state index in [1.54, 1.807) is 6.92 Å². The lowest BCUT2D eigenvalue weighted by molar-refractivity contribution is -0.384. The second-order valence-electron chi connectivity index (χ2n) is 3.86. The van der Waals surface area contributed by atoms with Gasteiger partial charge in [-0.2, -0.15) is 8.42 Å². The van der Waals surface area contributed by atoms with Gasteiger partial charge in [0.2, 0.25) is 0 Å². The molecule has 8 nitrogen and oxygen atoms in total. The normalized spacial score (nSPS) is 11.3. The summed E-state index contributed by atoms with van der Waals surface area (Å²) in [5.41, 5.74) is -0.181. The first-order valence-electron chi connectivity index (χ1n) is 5.28. The van der Waals surface area contributed by atoms with Crippen molar-refractivity contribution in [2.45, 2.75) is 11.9 Å². The highest BCUT2D eigenvalue weighted by molar-refractivity contribution is 7.92. The quantitative estimate of drug-likeness (QED) is 0.661. The van der Waals surface area contributed by atoms with Crippen LogP contribution in [0.1, 0.15) is 5.82 Å². The summed E-state index contributed by atoms with van der Waals surface area (Å²) in [7, 11) is -3.87. The highest BCUT2D eigenvalue weighted by Crippen LogP contribution is 2.28. The number of aromatic amines is 1. The third-order valence-electron chi connectivity index (χ3n) is 2.38. The molecule has 0 spiro atoms. The zero-order valence-electron chi connectivity index (χ0n) is 10.1. The van der Waals surface area contributed by atoms with Gasteiger partial charge >= 0.3 is 0 Å². The van der Waals surface area contributed by atoms with E-state index in [1.165, 1.54) is 6.07 Å². The third kappa shape index (κ3) is 2.89. The number of H-pyrrole nitrogens is 1. The van der Waals surface area contributed by atoms with Gasteiger partial charge in [-0.25, -0.2) is 4.98 Å². The number of rotatable bonds is 4. The summed E-state index contributed by atoms with van der Waals surface area (Å²) >= 11 is 5.81. The molecule has 0 aliphatic heterocycles. The number of aryl methyl sites for hydroxylation is 1. The van der Waals surface area contributed by atoms with Crippen LogP contribution in [0, 0.1) is 17.0 Å². The molecule has 0 aliphatic rings. The van der Waals surface area contributed by atoms with Crippen molar-refractivity contribution in [1.29, 1.82) is 0 Å². The lowest BCUT2D eigenvalue weighted by atomic mass is 10.3. The Kier molecular flexibility index (Phi) is 3.64. The first-order valence-corrected chi connectivity index (χ1v) is 7.14. The number of hydrogen-bond donors (Lipinski definition) is 2. The lowest BCUT2D eigenvalue weighted by Gasteiger charge is -2.07. The Hall–Kier alpha value is -2.13. The minimum atomic E-state index is -3.87. The number of hydrogen-bond acceptors (Lipinski definition) is 5. The molecule has 1 heterocycles. The van der Waals surface area contributed by atoms with Crippen LogP contribution in [0.25, 0.3) is 0 Å². The Bertz CT molecular complexity index is 771. The molecule has 1 aromatic carbocycles. The number of aromatic nitrogens is 2. The van der Waals surface area contributed by atoms with Crippen molar-refractivity contribution in [3.63, 3.8) is 0 Å². The van der Waals surface area contributed by atoms with E-state index in [-0.39, 0.29) is 21.4 Å². The van der Waals surface area contributed by atoms with Gasteiger partial charge in [-0.1, -0.05) is 11.6 Å². The number of nitrogens with zero attached hydrogens (tertiary/aromatic N) is 2. The van der Waals surface area contributed by atoms with E-state index < -0.39 is 14.9 Å². The molecule has 2 aromatic rings. The molecule has 0 aliphatic carbocycles. The Morgan fingerprint density at radius 1 is 1.45 bits per heavy atom. The van der Waals surface area contributed by atoms with Gasteiger partial charge in [-0.15, -0.1) is 0 Å². The number of non-ortho nitro benzene ring substituents is 1. The maximum atomic E-state index is 12.0. The van der Waals surface area contributed by atoms with Crippen LogP contribution in [0.15, 0.2) is 29.4 Å². The second-order valence-corrected chi connectivity index (χ2v) is 5.92. The molecule has 106 valence electrons. The van der Waals surface area contributed by atoms with Crippen LogP contribution in [-0.4, -0.2) is 23.3 Å². The van der Waals surface area contributed by atoms with Crippen molar-refractivity contribution in [3.05, 3.63) is 45.4 Å². The van der Waals surface area contributed by atoms with Gasteiger partial charge in [0, 0.05) is 12.1 Å². The number of halogens is 1. The first-order chi connectivity index (χ1) is 9.29. The minimum Gasteiger partial charge on any atom is -0.332 e. The molecule has 0 radical (unpaired) electrons. The summed E-state index contributed by atoms with van der Waals surface area (Å²) < 4.78 is 26.3. The molecule has 0 unspecified atom stereocenters. The van der Waals surface area contributed by atoms with Crippen LogP contribution >= 0.6 is 11.6 Å². The van der Waals surface area contributed by atoms with Gasteiger partial charge in [-0.05, 0) is 13.0 Å². The van der Waals surface area contributed by atoms with Crippen molar-refractivity contribution in [2.75, 3.05) is 4.72 Å². The van der Waals surface area contributed by atoms with Crippen LogP contribution in [0.5, 0.6) is 0 Å². The molecule has 2 rings (SSSR count). The number of anilines is 1. The van der Waals surface area contributed by atoms with Crippen molar-refractivity contribution < 1.29 is 13.3 Å². The number of sulfonamides is 1. The molecule has 10 heteroatoms.